The first-order valence-corrected chi connectivity index (χ1v) is 17.0. The van der Waals surface area contributed by atoms with Crippen molar-refractivity contribution >= 4 is 5.69 Å². The van der Waals surface area contributed by atoms with Crippen molar-refractivity contribution in [3.8, 4) is 22.3 Å². The number of allylic oxidation sites excluding steroid dienone is 2. The van der Waals surface area contributed by atoms with Gasteiger partial charge in [-0.1, -0.05) is 164 Å². The predicted molar refractivity (Wildman–Crippen MR) is 196 cm³/mol. The zero-order valence-electron chi connectivity index (χ0n) is 26.5. The van der Waals surface area contributed by atoms with Gasteiger partial charge in [-0.05, 0) is 62.7 Å². The summed E-state index contributed by atoms with van der Waals surface area (Å²) in [5.74, 6) is 0. The van der Waals surface area contributed by atoms with Crippen molar-refractivity contribution in [1.29, 1.82) is 0 Å². The molecule has 10 rings (SSSR count). The van der Waals surface area contributed by atoms with E-state index in [1.54, 1.807) is 0 Å². The molecule has 4 aliphatic rings. The largest absolute Gasteiger partial charge is 0.367 e. The third-order valence-corrected chi connectivity index (χ3v) is 10.9. The van der Waals surface area contributed by atoms with E-state index in [-0.39, 0.29) is 17.9 Å². The number of nitrogens with zero attached hydrogens (tertiary/aromatic N) is 1. The van der Waals surface area contributed by atoms with E-state index in [2.05, 4.69) is 198 Å². The lowest BCUT2D eigenvalue weighted by atomic mass is 9.67. The van der Waals surface area contributed by atoms with Gasteiger partial charge in [0.25, 0.3) is 0 Å². The fourth-order valence-electron chi connectivity index (χ4n) is 8.71. The van der Waals surface area contributed by atoms with Gasteiger partial charge < -0.3 is 5.32 Å². The van der Waals surface area contributed by atoms with Gasteiger partial charge in [0.1, 0.15) is 11.8 Å². The van der Waals surface area contributed by atoms with Crippen molar-refractivity contribution in [2.24, 2.45) is 0 Å². The number of anilines is 1. The maximum absolute atomic E-state index is 4.13. The van der Waals surface area contributed by atoms with Gasteiger partial charge in [0.2, 0.25) is 0 Å². The summed E-state index contributed by atoms with van der Waals surface area (Å²) in [4.78, 5) is 2.61. The van der Waals surface area contributed by atoms with Crippen LogP contribution in [0.5, 0.6) is 0 Å². The molecule has 230 valence electrons. The molecular weight excluding hydrogens is 583 g/mol. The van der Waals surface area contributed by atoms with Crippen molar-refractivity contribution in [3.05, 3.63) is 210 Å². The second-order valence-corrected chi connectivity index (χ2v) is 13.4. The molecule has 2 aliphatic heterocycles. The highest BCUT2D eigenvalue weighted by molar-refractivity contribution is 5.93. The van der Waals surface area contributed by atoms with E-state index in [0.717, 1.165) is 5.69 Å². The molecule has 0 bridgehead atoms. The van der Waals surface area contributed by atoms with Crippen LogP contribution in [0.15, 0.2) is 182 Å². The Balaban J connectivity index is 1.19. The highest BCUT2D eigenvalue weighted by Gasteiger charge is 2.68. The van der Waals surface area contributed by atoms with Gasteiger partial charge in [0, 0.05) is 11.3 Å². The van der Waals surface area contributed by atoms with E-state index in [1.165, 1.54) is 50.1 Å². The predicted octanol–water partition coefficient (Wildman–Crippen LogP) is 9.31. The molecule has 0 saturated carbocycles. The molecule has 3 nitrogen and oxygen atoms in total. The molecule has 0 aromatic heterocycles. The molecule has 0 spiro atoms. The van der Waals surface area contributed by atoms with Crippen LogP contribution < -0.4 is 10.6 Å². The van der Waals surface area contributed by atoms with E-state index in [1.807, 2.05) is 0 Å². The quantitative estimate of drug-likeness (QED) is 0.175. The van der Waals surface area contributed by atoms with E-state index in [9.17, 15) is 0 Å². The SMILES string of the molecule is C1=CC2NC2([N@@]2C(Nc3cc4c(cc3-c3ccccc3)C(c3ccccc3)(c3ccccc3)c3ccccc3-4)C2c2ccccc2)C=C1. The molecule has 2 saturated heterocycles. The molecule has 0 amide bonds. The maximum atomic E-state index is 4.13. The first-order chi connectivity index (χ1) is 23.8. The summed E-state index contributed by atoms with van der Waals surface area (Å²) in [7, 11) is 0. The average Bonchev–Trinajstić information content (AvgIpc) is 4.06. The monoisotopic (exact) mass is 617 g/mol. The Labute approximate surface area is 281 Å². The Morgan fingerprint density at radius 2 is 1.19 bits per heavy atom. The Bertz CT molecular complexity index is 2170. The van der Waals surface area contributed by atoms with Crippen LogP contribution in [0.4, 0.5) is 5.69 Å². The van der Waals surface area contributed by atoms with Gasteiger partial charge in [-0.2, -0.15) is 0 Å². The summed E-state index contributed by atoms with van der Waals surface area (Å²) in [5.41, 5.74) is 12.1. The molecule has 2 heterocycles. The molecule has 2 aliphatic carbocycles. The normalized spacial score (nSPS) is 25.1. The van der Waals surface area contributed by atoms with E-state index < -0.39 is 5.41 Å². The van der Waals surface area contributed by atoms with Gasteiger partial charge in [0.05, 0.1) is 17.5 Å². The average molecular weight is 618 g/mol. The summed E-state index contributed by atoms with van der Waals surface area (Å²) in [6, 6.07) is 58.5. The second kappa shape index (κ2) is 10.5. The van der Waals surface area contributed by atoms with E-state index in [0.29, 0.717) is 6.04 Å². The molecule has 3 heteroatoms. The molecule has 2 fully saturated rings. The van der Waals surface area contributed by atoms with E-state index >= 15 is 0 Å². The van der Waals surface area contributed by atoms with Crippen molar-refractivity contribution in [1.82, 2.24) is 10.2 Å². The number of benzene rings is 6. The topological polar surface area (TPSA) is 37.0 Å². The smallest absolute Gasteiger partial charge is 0.113 e. The van der Waals surface area contributed by atoms with Gasteiger partial charge in [0.15, 0.2) is 0 Å². The lowest BCUT2D eigenvalue weighted by Crippen LogP contribution is -2.30. The zero-order valence-corrected chi connectivity index (χ0v) is 26.5. The van der Waals surface area contributed by atoms with Crippen molar-refractivity contribution in [3.63, 3.8) is 0 Å². The minimum Gasteiger partial charge on any atom is -0.367 e. The van der Waals surface area contributed by atoms with Crippen molar-refractivity contribution < 1.29 is 0 Å². The van der Waals surface area contributed by atoms with Crippen LogP contribution in [0.3, 0.4) is 0 Å². The van der Waals surface area contributed by atoms with Gasteiger partial charge in [-0.25, -0.2) is 4.90 Å². The number of nitrogens with one attached hydrogen (secondary N) is 2. The fraction of sp³-hybridized carbons (Fsp3) is 0.111. The molecular formula is C45H35N3. The Kier molecular flexibility index (Phi) is 6.05. The molecule has 4 unspecified atom stereocenters. The minimum absolute atomic E-state index is 0.131. The Morgan fingerprint density at radius 3 is 1.88 bits per heavy atom. The van der Waals surface area contributed by atoms with Crippen LogP contribution in [-0.2, 0) is 5.41 Å². The third-order valence-electron chi connectivity index (χ3n) is 10.9. The molecule has 6 aromatic carbocycles. The highest BCUT2D eigenvalue weighted by Crippen LogP contribution is 2.59. The van der Waals surface area contributed by atoms with Crippen LogP contribution in [0, 0.1) is 0 Å². The molecule has 48 heavy (non-hydrogen) atoms. The van der Waals surface area contributed by atoms with E-state index in [4.69, 9.17) is 0 Å². The fourth-order valence-corrected chi connectivity index (χ4v) is 8.71. The first kappa shape index (κ1) is 27.6. The van der Waals surface area contributed by atoms with Crippen molar-refractivity contribution in [2.45, 2.75) is 29.3 Å². The maximum Gasteiger partial charge on any atom is 0.113 e. The van der Waals surface area contributed by atoms with Crippen LogP contribution in [0.2, 0.25) is 0 Å². The number of hydrogen-bond acceptors (Lipinski definition) is 3. The van der Waals surface area contributed by atoms with Gasteiger partial charge in [-0.15, -0.1) is 0 Å². The summed E-state index contributed by atoms with van der Waals surface area (Å²) in [5, 5.41) is 7.91. The second-order valence-electron chi connectivity index (χ2n) is 13.4. The molecule has 2 N–H and O–H groups in total. The zero-order chi connectivity index (χ0) is 31.7. The standard InChI is InChI=1S/C45H35N3/c1-5-17-31(18-6-1)36-29-39-37(35-25-13-14-26-38(35)45(39,33-21-9-3-10-22-33)34-23-11-4-12-24-34)30-40(36)46-43-42(32-19-7-2-8-20-32)48(43)44-28-16-15-27-41(44)47-44/h1-30,41-43,46-47H/t41?,42?,43?,44?,48-/m1/s1. The molecule has 6 aromatic rings. The number of hydrogen-bond donors (Lipinski definition) is 2. The molecule has 0 radical (unpaired) electrons. The van der Waals surface area contributed by atoms with Crippen molar-refractivity contribution in [2.75, 3.05) is 5.32 Å². The summed E-state index contributed by atoms with van der Waals surface area (Å²) in [6.07, 6.45) is 9.09. The lowest BCUT2D eigenvalue weighted by Gasteiger charge is -2.34. The number of rotatable bonds is 7. The third kappa shape index (κ3) is 3.95. The van der Waals surface area contributed by atoms with Crippen LogP contribution in [0.25, 0.3) is 22.3 Å². The Hall–Kier alpha value is -5.48. The Morgan fingerprint density at radius 1 is 0.562 bits per heavy atom. The minimum atomic E-state index is -0.446. The summed E-state index contributed by atoms with van der Waals surface area (Å²) >= 11 is 0. The number of fused-ring (bicyclic) bond motifs is 4. The van der Waals surface area contributed by atoms with Gasteiger partial charge in [-0.3, -0.25) is 5.32 Å². The van der Waals surface area contributed by atoms with Crippen LogP contribution >= 0.6 is 0 Å². The molecule has 5 atom stereocenters. The summed E-state index contributed by atoms with van der Waals surface area (Å²) < 4.78 is 0. The van der Waals surface area contributed by atoms with Crippen LogP contribution in [-0.4, -0.2) is 22.8 Å². The van der Waals surface area contributed by atoms with Crippen LogP contribution in [0.1, 0.15) is 33.9 Å². The summed E-state index contributed by atoms with van der Waals surface area (Å²) in [6.45, 7) is 0. The lowest BCUT2D eigenvalue weighted by molar-refractivity contribution is 0.382. The van der Waals surface area contributed by atoms with Gasteiger partial charge >= 0.3 is 0 Å². The highest BCUT2D eigenvalue weighted by atomic mass is 15.6. The first-order valence-electron chi connectivity index (χ1n) is 17.0.